The molecular formula is C23H22N2O3. The molecule has 0 spiro atoms. The van der Waals surface area contributed by atoms with Crippen molar-refractivity contribution in [3.63, 3.8) is 0 Å². The van der Waals surface area contributed by atoms with Crippen LogP contribution in [0.2, 0.25) is 0 Å². The Morgan fingerprint density at radius 1 is 1.07 bits per heavy atom. The Balaban J connectivity index is 2.13. The first-order valence-electron chi connectivity index (χ1n) is 9.16. The van der Waals surface area contributed by atoms with Crippen molar-refractivity contribution in [3.05, 3.63) is 59.4 Å². The summed E-state index contributed by atoms with van der Waals surface area (Å²) in [5.74, 6) is -0.0907. The first-order valence-corrected chi connectivity index (χ1v) is 9.16. The van der Waals surface area contributed by atoms with Gasteiger partial charge in [0.1, 0.15) is 12.3 Å². The van der Waals surface area contributed by atoms with E-state index in [1.165, 1.54) is 0 Å². The number of hydrogen-bond acceptors (Lipinski definition) is 3. The lowest BCUT2D eigenvalue weighted by Gasteiger charge is -2.11. The van der Waals surface area contributed by atoms with Gasteiger partial charge >= 0.3 is 5.97 Å². The van der Waals surface area contributed by atoms with E-state index < -0.39 is 5.97 Å². The van der Waals surface area contributed by atoms with Crippen molar-refractivity contribution < 1.29 is 14.6 Å². The highest BCUT2D eigenvalue weighted by molar-refractivity contribution is 6.06. The summed E-state index contributed by atoms with van der Waals surface area (Å²) in [6.07, 6.45) is 0. The summed E-state index contributed by atoms with van der Waals surface area (Å²) in [6.45, 7) is 5.93. The molecule has 0 fully saturated rings. The van der Waals surface area contributed by atoms with Crippen molar-refractivity contribution in [2.24, 2.45) is 0 Å². The number of fused-ring (bicyclic) bond motifs is 2. The molecule has 28 heavy (non-hydrogen) atoms. The smallest absolute Gasteiger partial charge is 0.323 e. The number of carboxylic acid groups (broad SMARTS) is 1. The molecule has 0 atom stereocenters. The molecule has 142 valence electrons. The number of aliphatic carboxylic acids is 1. The van der Waals surface area contributed by atoms with Crippen LogP contribution in [0.3, 0.4) is 0 Å². The molecule has 5 heteroatoms. The quantitative estimate of drug-likeness (QED) is 0.553. The van der Waals surface area contributed by atoms with Crippen LogP contribution in [0.4, 0.5) is 0 Å². The maximum absolute atomic E-state index is 11.5. The van der Waals surface area contributed by atoms with Crippen molar-refractivity contribution in [1.82, 2.24) is 9.55 Å². The highest BCUT2D eigenvalue weighted by Gasteiger charge is 2.20. The van der Waals surface area contributed by atoms with E-state index in [1.807, 2.05) is 55.7 Å². The third-order valence-electron chi connectivity index (χ3n) is 5.19. The van der Waals surface area contributed by atoms with Gasteiger partial charge < -0.3 is 14.4 Å². The van der Waals surface area contributed by atoms with E-state index >= 15 is 0 Å². The number of carbonyl (C=O) groups is 1. The summed E-state index contributed by atoms with van der Waals surface area (Å²) in [5.41, 5.74) is 6.88. The molecule has 0 saturated heterocycles. The van der Waals surface area contributed by atoms with Crippen molar-refractivity contribution >= 4 is 27.8 Å². The molecule has 4 aromatic rings. The third kappa shape index (κ3) is 2.89. The van der Waals surface area contributed by atoms with Gasteiger partial charge in [-0.05, 0) is 62.7 Å². The van der Waals surface area contributed by atoms with E-state index in [-0.39, 0.29) is 6.54 Å². The summed E-state index contributed by atoms with van der Waals surface area (Å²) in [4.78, 5) is 16.1. The normalized spacial score (nSPS) is 11.3. The lowest BCUT2D eigenvalue weighted by molar-refractivity contribution is -0.137. The molecule has 0 aliphatic carbocycles. The minimum atomic E-state index is -0.857. The van der Waals surface area contributed by atoms with Crippen LogP contribution in [0, 0.1) is 20.8 Å². The largest absolute Gasteiger partial charge is 0.497 e. The number of nitrogens with zero attached hydrogens (tertiary/aromatic N) is 2. The molecule has 0 bridgehead atoms. The van der Waals surface area contributed by atoms with Gasteiger partial charge in [-0.3, -0.25) is 9.78 Å². The number of rotatable bonds is 4. The minimum absolute atomic E-state index is 0.0727. The molecule has 0 unspecified atom stereocenters. The minimum Gasteiger partial charge on any atom is -0.497 e. The van der Waals surface area contributed by atoms with Gasteiger partial charge in [0.05, 0.1) is 12.6 Å². The van der Waals surface area contributed by atoms with E-state index in [0.29, 0.717) is 0 Å². The number of methoxy groups -OCH3 is 1. The fraction of sp³-hybridized carbons (Fsp3) is 0.217. The van der Waals surface area contributed by atoms with Crippen molar-refractivity contribution in [2.45, 2.75) is 27.3 Å². The van der Waals surface area contributed by atoms with Gasteiger partial charge in [-0.2, -0.15) is 0 Å². The second-order valence-corrected chi connectivity index (χ2v) is 7.16. The molecule has 2 aromatic carbocycles. The third-order valence-corrected chi connectivity index (χ3v) is 5.19. The highest BCUT2D eigenvalue weighted by Crippen LogP contribution is 2.39. The number of pyridine rings is 1. The zero-order valence-electron chi connectivity index (χ0n) is 16.4. The van der Waals surface area contributed by atoms with Gasteiger partial charge in [-0.15, -0.1) is 0 Å². The van der Waals surface area contributed by atoms with Gasteiger partial charge in [0, 0.05) is 33.2 Å². The Labute approximate surface area is 163 Å². The summed E-state index contributed by atoms with van der Waals surface area (Å²) in [5, 5.41) is 11.5. The second-order valence-electron chi connectivity index (χ2n) is 7.16. The van der Waals surface area contributed by atoms with Crippen LogP contribution in [0.25, 0.3) is 32.9 Å². The van der Waals surface area contributed by atoms with Crippen LogP contribution >= 0.6 is 0 Å². The number of aromatic nitrogens is 2. The fourth-order valence-corrected chi connectivity index (χ4v) is 3.95. The molecule has 0 aliphatic rings. The Morgan fingerprint density at radius 2 is 1.86 bits per heavy atom. The zero-order valence-corrected chi connectivity index (χ0v) is 16.4. The summed E-state index contributed by atoms with van der Waals surface area (Å²) >= 11 is 0. The predicted octanol–water partition coefficient (Wildman–Crippen LogP) is 4.87. The van der Waals surface area contributed by atoms with Gasteiger partial charge in [-0.25, -0.2) is 0 Å². The van der Waals surface area contributed by atoms with Crippen molar-refractivity contribution in [1.29, 1.82) is 0 Å². The van der Waals surface area contributed by atoms with Crippen LogP contribution in [0.5, 0.6) is 5.75 Å². The van der Waals surface area contributed by atoms with Gasteiger partial charge in [0.25, 0.3) is 0 Å². The summed E-state index contributed by atoms with van der Waals surface area (Å²) in [6, 6.07) is 14.1. The van der Waals surface area contributed by atoms with Gasteiger partial charge in [-0.1, -0.05) is 11.6 Å². The molecule has 2 aromatic heterocycles. The molecule has 4 rings (SSSR count). The summed E-state index contributed by atoms with van der Waals surface area (Å²) in [7, 11) is 1.65. The molecular weight excluding hydrogens is 352 g/mol. The van der Waals surface area contributed by atoms with E-state index in [4.69, 9.17) is 4.74 Å². The standard InChI is InChI=1S/C23H22N2O3/c1-13-5-8-21-19(9-13)23(15(3)25(21)12-22(26)27)18-10-14(2)24-20-7-6-16(28-4)11-17(18)20/h5-11H,12H2,1-4H3,(H,26,27). The number of benzene rings is 2. The van der Waals surface area contributed by atoms with Crippen molar-refractivity contribution in [2.75, 3.05) is 7.11 Å². The lowest BCUT2D eigenvalue weighted by atomic mass is 9.97. The highest BCUT2D eigenvalue weighted by atomic mass is 16.5. The zero-order chi connectivity index (χ0) is 20.0. The van der Waals surface area contributed by atoms with Crippen LogP contribution in [0.15, 0.2) is 42.5 Å². The second kappa shape index (κ2) is 6.68. The number of carboxylic acids is 1. The van der Waals surface area contributed by atoms with Crippen LogP contribution in [-0.4, -0.2) is 27.7 Å². The monoisotopic (exact) mass is 374 g/mol. The van der Waals surface area contributed by atoms with Crippen LogP contribution < -0.4 is 4.74 Å². The molecule has 0 radical (unpaired) electrons. The van der Waals surface area contributed by atoms with E-state index in [1.54, 1.807) is 7.11 Å². The number of hydrogen-bond donors (Lipinski definition) is 1. The first kappa shape index (κ1) is 18.0. The molecule has 0 saturated carbocycles. The fourth-order valence-electron chi connectivity index (χ4n) is 3.95. The topological polar surface area (TPSA) is 64.4 Å². The van der Waals surface area contributed by atoms with E-state index in [9.17, 15) is 9.90 Å². The van der Waals surface area contributed by atoms with Crippen LogP contribution in [-0.2, 0) is 11.3 Å². The maximum Gasteiger partial charge on any atom is 0.323 e. The van der Waals surface area contributed by atoms with Crippen molar-refractivity contribution in [3.8, 4) is 16.9 Å². The van der Waals surface area contributed by atoms with Gasteiger partial charge in [0.15, 0.2) is 0 Å². The number of ether oxygens (including phenoxy) is 1. The molecule has 1 N–H and O–H groups in total. The Bertz CT molecular complexity index is 1240. The lowest BCUT2D eigenvalue weighted by Crippen LogP contribution is -2.09. The summed E-state index contributed by atoms with van der Waals surface area (Å²) < 4.78 is 7.30. The molecule has 5 nitrogen and oxygen atoms in total. The average Bonchev–Trinajstić information content (AvgIpc) is 2.91. The van der Waals surface area contributed by atoms with E-state index in [2.05, 4.69) is 17.1 Å². The average molecular weight is 374 g/mol. The van der Waals surface area contributed by atoms with Crippen LogP contribution in [0.1, 0.15) is 17.0 Å². The van der Waals surface area contributed by atoms with E-state index in [0.717, 1.165) is 55.6 Å². The Kier molecular flexibility index (Phi) is 4.30. The predicted molar refractivity (Wildman–Crippen MR) is 111 cm³/mol. The molecule has 0 aliphatic heterocycles. The number of aryl methyl sites for hydroxylation is 2. The molecule has 0 amide bonds. The molecule has 2 heterocycles. The maximum atomic E-state index is 11.5. The Hall–Kier alpha value is -3.34. The SMILES string of the molecule is COc1ccc2nc(C)cc(-c3c(C)n(CC(=O)O)c4ccc(C)cc34)c2c1. The first-order chi connectivity index (χ1) is 13.4. The van der Waals surface area contributed by atoms with Gasteiger partial charge in [0.2, 0.25) is 0 Å². The Morgan fingerprint density at radius 3 is 2.57 bits per heavy atom.